The minimum Gasteiger partial charge on any atom is -0.478 e. The Morgan fingerprint density at radius 1 is 1.62 bits per heavy atom. The van der Waals surface area contributed by atoms with E-state index in [-0.39, 0.29) is 12.2 Å². The number of halogens is 1. The molecule has 4 nitrogen and oxygen atoms in total. The molecule has 1 saturated heterocycles. The average Bonchev–Trinajstić information content (AvgIpc) is 3.26. The van der Waals surface area contributed by atoms with Crippen LogP contribution in [-0.2, 0) is 14.3 Å². The summed E-state index contributed by atoms with van der Waals surface area (Å²) in [6.45, 7) is 4.91. The van der Waals surface area contributed by atoms with E-state index in [1.54, 1.807) is 6.07 Å². The van der Waals surface area contributed by atoms with Crippen molar-refractivity contribution in [2.75, 3.05) is 13.2 Å². The lowest BCUT2D eigenvalue weighted by molar-refractivity contribution is -0.131. The van der Waals surface area contributed by atoms with Crippen molar-refractivity contribution < 1.29 is 23.8 Å². The molecule has 1 aromatic rings. The SMILES string of the molecule is CC/C(=C\C(=O)O)c1cc(F)ccc1[C@@H](C)OC[C@H]1CO1. The lowest BCUT2D eigenvalue weighted by Crippen LogP contribution is -2.09. The molecule has 1 heterocycles. The Labute approximate surface area is 123 Å². The highest BCUT2D eigenvalue weighted by atomic mass is 19.1. The van der Waals surface area contributed by atoms with Crippen LogP contribution in [0.4, 0.5) is 4.39 Å². The van der Waals surface area contributed by atoms with Crippen molar-refractivity contribution in [3.05, 3.63) is 41.2 Å². The van der Waals surface area contributed by atoms with E-state index in [0.29, 0.717) is 30.8 Å². The van der Waals surface area contributed by atoms with Gasteiger partial charge in [0.15, 0.2) is 0 Å². The van der Waals surface area contributed by atoms with Crippen LogP contribution in [0.2, 0.25) is 0 Å². The molecule has 2 atom stereocenters. The van der Waals surface area contributed by atoms with Gasteiger partial charge in [-0.15, -0.1) is 0 Å². The van der Waals surface area contributed by atoms with Crippen molar-refractivity contribution in [1.82, 2.24) is 0 Å². The number of ether oxygens (including phenoxy) is 2. The maximum Gasteiger partial charge on any atom is 0.328 e. The van der Waals surface area contributed by atoms with Gasteiger partial charge < -0.3 is 14.6 Å². The Morgan fingerprint density at radius 2 is 2.33 bits per heavy atom. The van der Waals surface area contributed by atoms with Gasteiger partial charge >= 0.3 is 5.97 Å². The van der Waals surface area contributed by atoms with E-state index < -0.39 is 11.8 Å². The topological polar surface area (TPSA) is 59.1 Å². The second kappa shape index (κ2) is 6.83. The minimum atomic E-state index is -1.04. The van der Waals surface area contributed by atoms with Gasteiger partial charge in [0.05, 0.1) is 19.3 Å². The van der Waals surface area contributed by atoms with Gasteiger partial charge in [-0.05, 0) is 42.2 Å². The fourth-order valence-corrected chi connectivity index (χ4v) is 2.19. The molecule has 0 saturated carbocycles. The number of carboxylic acids is 1. The summed E-state index contributed by atoms with van der Waals surface area (Å²) in [7, 11) is 0. The van der Waals surface area contributed by atoms with E-state index in [1.807, 2.05) is 13.8 Å². The Hall–Kier alpha value is -1.72. The van der Waals surface area contributed by atoms with Gasteiger partial charge in [0, 0.05) is 6.08 Å². The van der Waals surface area contributed by atoms with Crippen LogP contribution in [0.25, 0.3) is 5.57 Å². The zero-order valence-corrected chi connectivity index (χ0v) is 12.1. The van der Waals surface area contributed by atoms with Crippen LogP contribution in [0.1, 0.15) is 37.5 Å². The summed E-state index contributed by atoms with van der Waals surface area (Å²) < 4.78 is 24.3. The van der Waals surface area contributed by atoms with Gasteiger partial charge in [0.2, 0.25) is 0 Å². The van der Waals surface area contributed by atoms with E-state index in [2.05, 4.69) is 0 Å². The normalized spacial score (nSPS) is 19.4. The van der Waals surface area contributed by atoms with E-state index in [9.17, 15) is 9.18 Å². The number of hydrogen-bond donors (Lipinski definition) is 1. The molecule has 0 amide bonds. The average molecular weight is 294 g/mol. The smallest absolute Gasteiger partial charge is 0.328 e. The van der Waals surface area contributed by atoms with Crippen LogP contribution in [0.3, 0.4) is 0 Å². The van der Waals surface area contributed by atoms with Gasteiger partial charge in [0.1, 0.15) is 11.9 Å². The Balaban J connectivity index is 2.28. The molecule has 0 aliphatic carbocycles. The molecule has 1 aromatic carbocycles. The highest BCUT2D eigenvalue weighted by Gasteiger charge is 2.24. The molecule has 5 heteroatoms. The largest absolute Gasteiger partial charge is 0.478 e. The van der Waals surface area contributed by atoms with Crippen molar-refractivity contribution in [1.29, 1.82) is 0 Å². The zero-order chi connectivity index (χ0) is 15.4. The van der Waals surface area contributed by atoms with Gasteiger partial charge in [0.25, 0.3) is 0 Å². The Morgan fingerprint density at radius 3 is 2.90 bits per heavy atom. The van der Waals surface area contributed by atoms with Crippen LogP contribution in [0.15, 0.2) is 24.3 Å². The number of benzene rings is 1. The first-order valence-electron chi connectivity index (χ1n) is 6.97. The molecule has 0 radical (unpaired) electrons. The monoisotopic (exact) mass is 294 g/mol. The number of rotatable bonds is 7. The van der Waals surface area contributed by atoms with E-state index in [4.69, 9.17) is 14.6 Å². The molecule has 0 bridgehead atoms. The number of carbonyl (C=O) groups is 1. The Bertz CT molecular complexity index is 549. The summed E-state index contributed by atoms with van der Waals surface area (Å²) in [5, 5.41) is 8.94. The van der Waals surface area contributed by atoms with Crippen LogP contribution >= 0.6 is 0 Å². The molecule has 21 heavy (non-hydrogen) atoms. The molecular formula is C16H19FO4. The summed E-state index contributed by atoms with van der Waals surface area (Å²) in [5.74, 6) is -1.43. The second-order valence-electron chi connectivity index (χ2n) is 5.02. The predicted octanol–water partition coefficient (Wildman–Crippen LogP) is 3.18. The third-order valence-corrected chi connectivity index (χ3v) is 3.41. The van der Waals surface area contributed by atoms with Crippen LogP contribution in [0.5, 0.6) is 0 Å². The fourth-order valence-electron chi connectivity index (χ4n) is 2.19. The number of carboxylic acid groups (broad SMARTS) is 1. The third-order valence-electron chi connectivity index (χ3n) is 3.41. The standard InChI is InChI=1S/C16H19FO4/c1-3-11(6-16(18)19)15-7-12(17)4-5-14(15)10(2)20-8-13-9-21-13/h4-7,10,13H,3,8-9H2,1-2H3,(H,18,19)/b11-6+/t10-,13+/m1/s1. The molecule has 1 aliphatic heterocycles. The molecule has 1 N–H and O–H groups in total. The number of aliphatic carboxylic acids is 1. The van der Waals surface area contributed by atoms with E-state index in [1.165, 1.54) is 12.1 Å². The molecule has 0 spiro atoms. The molecule has 114 valence electrons. The van der Waals surface area contributed by atoms with Crippen molar-refractivity contribution in [2.45, 2.75) is 32.5 Å². The zero-order valence-electron chi connectivity index (χ0n) is 12.1. The lowest BCUT2D eigenvalue weighted by Gasteiger charge is -2.18. The molecule has 1 aliphatic rings. The fraction of sp³-hybridized carbons (Fsp3) is 0.438. The first-order chi connectivity index (χ1) is 10.0. The molecule has 0 unspecified atom stereocenters. The molecular weight excluding hydrogens is 275 g/mol. The summed E-state index contributed by atoms with van der Waals surface area (Å²) in [4.78, 5) is 10.9. The van der Waals surface area contributed by atoms with E-state index in [0.717, 1.165) is 11.6 Å². The molecule has 2 rings (SSSR count). The van der Waals surface area contributed by atoms with E-state index >= 15 is 0 Å². The Kier molecular flexibility index (Phi) is 5.09. The highest BCUT2D eigenvalue weighted by molar-refractivity contribution is 5.90. The van der Waals surface area contributed by atoms with Gasteiger partial charge in [-0.25, -0.2) is 9.18 Å². The van der Waals surface area contributed by atoms with Crippen molar-refractivity contribution in [3.8, 4) is 0 Å². The summed E-state index contributed by atoms with van der Waals surface area (Å²) >= 11 is 0. The van der Waals surface area contributed by atoms with Gasteiger partial charge in [-0.1, -0.05) is 13.0 Å². The summed E-state index contributed by atoms with van der Waals surface area (Å²) in [6.07, 6.45) is 1.51. The number of epoxide rings is 1. The third kappa shape index (κ3) is 4.37. The molecule has 0 aromatic heterocycles. The minimum absolute atomic E-state index is 0.150. The second-order valence-corrected chi connectivity index (χ2v) is 5.02. The van der Waals surface area contributed by atoms with Gasteiger partial charge in [-0.3, -0.25) is 0 Å². The number of hydrogen-bond acceptors (Lipinski definition) is 3. The maximum absolute atomic E-state index is 13.5. The quantitative estimate of drug-likeness (QED) is 0.620. The molecule has 1 fully saturated rings. The van der Waals surface area contributed by atoms with Gasteiger partial charge in [-0.2, -0.15) is 0 Å². The maximum atomic E-state index is 13.5. The lowest BCUT2D eigenvalue weighted by atomic mass is 9.94. The van der Waals surface area contributed by atoms with Crippen molar-refractivity contribution >= 4 is 11.5 Å². The summed E-state index contributed by atoms with van der Waals surface area (Å²) in [6, 6.07) is 4.37. The predicted molar refractivity (Wildman–Crippen MR) is 76.4 cm³/mol. The number of allylic oxidation sites excluding steroid dienone is 1. The van der Waals surface area contributed by atoms with Crippen LogP contribution in [-0.4, -0.2) is 30.4 Å². The summed E-state index contributed by atoms with van der Waals surface area (Å²) in [5.41, 5.74) is 1.95. The first kappa shape index (κ1) is 15.7. The van der Waals surface area contributed by atoms with Crippen molar-refractivity contribution in [2.24, 2.45) is 0 Å². The van der Waals surface area contributed by atoms with Crippen molar-refractivity contribution in [3.63, 3.8) is 0 Å². The van der Waals surface area contributed by atoms with Crippen LogP contribution in [0, 0.1) is 5.82 Å². The highest BCUT2D eigenvalue weighted by Crippen LogP contribution is 2.30. The van der Waals surface area contributed by atoms with Crippen LogP contribution < -0.4 is 0 Å². The first-order valence-corrected chi connectivity index (χ1v) is 6.97.